The molecule has 2 heterocycles. The van der Waals surface area contributed by atoms with Gasteiger partial charge in [-0.15, -0.1) is 0 Å². The minimum atomic E-state index is 0.931. The summed E-state index contributed by atoms with van der Waals surface area (Å²) in [5.74, 6) is 0. The Hall–Kier alpha value is -4.76. The van der Waals surface area contributed by atoms with E-state index in [2.05, 4.69) is 134 Å². The summed E-state index contributed by atoms with van der Waals surface area (Å²) in [6.07, 6.45) is 0. The zero-order valence-electron chi connectivity index (χ0n) is 20.4. The number of nitrogens with zero attached hydrogens (tertiary/aromatic N) is 1. The van der Waals surface area contributed by atoms with Crippen LogP contribution in [0.15, 0.2) is 126 Å². The average molecular weight is 471 g/mol. The Morgan fingerprint density at radius 3 is 2.16 bits per heavy atom. The van der Waals surface area contributed by atoms with Gasteiger partial charge in [0.2, 0.25) is 0 Å². The lowest BCUT2D eigenvalue weighted by atomic mass is 9.90. The second kappa shape index (κ2) is 7.62. The number of hydrogen-bond donors (Lipinski definition) is 0. The van der Waals surface area contributed by atoms with Gasteiger partial charge in [0.25, 0.3) is 0 Å². The Bertz CT molecular complexity index is 2150. The molecule has 2 aromatic heterocycles. The highest BCUT2D eigenvalue weighted by atomic mass is 16.3. The predicted octanol–water partition coefficient (Wildman–Crippen LogP) is 7.76. The molecule has 2 nitrogen and oxygen atoms in total. The molecule has 8 rings (SSSR count). The molecule has 0 saturated carbocycles. The number of benzene rings is 6. The molecule has 8 aromatic rings. The van der Waals surface area contributed by atoms with Gasteiger partial charge in [-0.2, -0.15) is 0 Å². The molecular formula is C34H22BNO. The summed E-state index contributed by atoms with van der Waals surface area (Å²) in [4.78, 5) is 0. The van der Waals surface area contributed by atoms with Gasteiger partial charge >= 0.3 is 0 Å². The van der Waals surface area contributed by atoms with Crippen LogP contribution in [0, 0.1) is 0 Å². The maximum Gasteiger partial charge on any atom is 0.140 e. The highest BCUT2D eigenvalue weighted by Gasteiger charge is 2.16. The van der Waals surface area contributed by atoms with Crippen molar-refractivity contribution in [2.45, 2.75) is 0 Å². The van der Waals surface area contributed by atoms with Crippen molar-refractivity contribution >= 4 is 67.8 Å². The van der Waals surface area contributed by atoms with Crippen LogP contribution >= 0.6 is 0 Å². The molecule has 0 aliphatic rings. The quantitative estimate of drug-likeness (QED) is 0.236. The topological polar surface area (TPSA) is 18.1 Å². The van der Waals surface area contributed by atoms with Crippen molar-refractivity contribution in [2.75, 3.05) is 0 Å². The minimum Gasteiger partial charge on any atom is -0.456 e. The number of aromatic nitrogens is 1. The molecule has 0 aliphatic carbocycles. The first-order valence-corrected chi connectivity index (χ1v) is 12.7. The molecule has 0 fully saturated rings. The van der Waals surface area contributed by atoms with E-state index < -0.39 is 0 Å². The van der Waals surface area contributed by atoms with Crippen molar-refractivity contribution in [3.63, 3.8) is 0 Å². The van der Waals surface area contributed by atoms with Crippen LogP contribution in [-0.4, -0.2) is 12.4 Å². The zero-order chi connectivity index (χ0) is 24.5. The lowest BCUT2D eigenvalue weighted by molar-refractivity contribution is 0.669. The second-order valence-corrected chi connectivity index (χ2v) is 9.84. The van der Waals surface area contributed by atoms with E-state index in [0.717, 1.165) is 11.2 Å². The maximum absolute atomic E-state index is 6.15. The number of furan rings is 1. The maximum atomic E-state index is 6.15. The Labute approximate surface area is 214 Å². The second-order valence-electron chi connectivity index (χ2n) is 9.84. The summed E-state index contributed by atoms with van der Waals surface area (Å²) >= 11 is 0. The molecule has 0 amide bonds. The van der Waals surface area contributed by atoms with E-state index in [4.69, 9.17) is 4.42 Å². The van der Waals surface area contributed by atoms with E-state index in [1.165, 1.54) is 65.6 Å². The van der Waals surface area contributed by atoms with Gasteiger partial charge in [0.05, 0.1) is 11.0 Å². The molecule has 0 saturated heterocycles. The van der Waals surface area contributed by atoms with Gasteiger partial charge in [0.1, 0.15) is 19.0 Å². The Morgan fingerprint density at radius 1 is 0.514 bits per heavy atom. The average Bonchev–Trinajstić information content (AvgIpc) is 3.49. The van der Waals surface area contributed by atoms with Crippen LogP contribution in [0.2, 0.25) is 0 Å². The molecule has 0 unspecified atom stereocenters. The van der Waals surface area contributed by atoms with Crippen molar-refractivity contribution in [2.24, 2.45) is 0 Å². The molecule has 0 spiro atoms. The molecule has 172 valence electrons. The molecule has 0 N–H and O–H groups in total. The van der Waals surface area contributed by atoms with Gasteiger partial charge in [0, 0.05) is 27.2 Å². The van der Waals surface area contributed by atoms with E-state index in [0.29, 0.717) is 0 Å². The Morgan fingerprint density at radius 2 is 1.27 bits per heavy atom. The molecule has 3 heteroatoms. The summed E-state index contributed by atoms with van der Waals surface area (Å²) in [5.41, 5.74) is 9.13. The highest BCUT2D eigenvalue weighted by molar-refractivity contribution is 6.41. The number of fused-ring (bicyclic) bond motifs is 8. The number of para-hydroxylation sites is 1. The molecule has 0 radical (unpaired) electrons. The Kier molecular flexibility index (Phi) is 4.21. The molecule has 6 aromatic carbocycles. The van der Waals surface area contributed by atoms with Crippen molar-refractivity contribution in [3.05, 3.63) is 121 Å². The fourth-order valence-electron chi connectivity index (χ4n) is 6.01. The molecule has 37 heavy (non-hydrogen) atoms. The zero-order valence-corrected chi connectivity index (χ0v) is 20.4. The first-order valence-electron chi connectivity index (χ1n) is 12.7. The van der Waals surface area contributed by atoms with Crippen molar-refractivity contribution < 1.29 is 4.42 Å². The standard InChI is InChI=1S/C34H22BNO/c35-28-11-6-12-32-34(28)27-20-23(15-18-31(27)37-32)22-14-16-29-26(19-22)33-25-10-5-4-7-21(25)13-17-30(33)36(29)24-8-2-1-3-9-24/h1-20H,35H2. The smallest absolute Gasteiger partial charge is 0.140 e. The van der Waals surface area contributed by atoms with Gasteiger partial charge in [-0.05, 0) is 70.4 Å². The van der Waals surface area contributed by atoms with Gasteiger partial charge in [-0.3, -0.25) is 0 Å². The van der Waals surface area contributed by atoms with Crippen molar-refractivity contribution in [1.29, 1.82) is 0 Å². The van der Waals surface area contributed by atoms with E-state index >= 15 is 0 Å². The Balaban J connectivity index is 1.45. The fourth-order valence-corrected chi connectivity index (χ4v) is 6.01. The SMILES string of the molecule is Bc1cccc2oc3ccc(-c4ccc5c(c4)c4c6ccccc6ccc4n5-c4ccccc4)cc3c12. The summed E-state index contributed by atoms with van der Waals surface area (Å²) in [5, 5.41) is 7.47. The van der Waals surface area contributed by atoms with E-state index in [9.17, 15) is 0 Å². The summed E-state index contributed by atoms with van der Waals surface area (Å²) in [6, 6.07) is 43.5. The van der Waals surface area contributed by atoms with Crippen LogP contribution in [0.25, 0.3) is 71.3 Å². The van der Waals surface area contributed by atoms with Crippen LogP contribution in [0.5, 0.6) is 0 Å². The third kappa shape index (κ3) is 2.95. The molecular weight excluding hydrogens is 449 g/mol. The summed E-state index contributed by atoms with van der Waals surface area (Å²) in [7, 11) is 2.15. The lowest BCUT2D eigenvalue weighted by Gasteiger charge is -2.08. The third-order valence-electron chi connectivity index (χ3n) is 7.71. The largest absolute Gasteiger partial charge is 0.456 e. The highest BCUT2D eigenvalue weighted by Crippen LogP contribution is 2.39. The van der Waals surface area contributed by atoms with Crippen LogP contribution in [0.3, 0.4) is 0 Å². The monoisotopic (exact) mass is 471 g/mol. The number of rotatable bonds is 2. The van der Waals surface area contributed by atoms with Gasteiger partial charge in [0.15, 0.2) is 0 Å². The van der Waals surface area contributed by atoms with Gasteiger partial charge in [-0.1, -0.05) is 78.3 Å². The fraction of sp³-hybridized carbons (Fsp3) is 0. The summed E-state index contributed by atoms with van der Waals surface area (Å²) < 4.78 is 8.54. The van der Waals surface area contributed by atoms with E-state index in [-0.39, 0.29) is 0 Å². The van der Waals surface area contributed by atoms with Crippen LogP contribution < -0.4 is 5.46 Å². The van der Waals surface area contributed by atoms with Crippen LogP contribution in [0.4, 0.5) is 0 Å². The van der Waals surface area contributed by atoms with E-state index in [1.54, 1.807) is 0 Å². The number of hydrogen-bond acceptors (Lipinski definition) is 1. The summed E-state index contributed by atoms with van der Waals surface area (Å²) in [6.45, 7) is 0. The predicted molar refractivity (Wildman–Crippen MR) is 159 cm³/mol. The van der Waals surface area contributed by atoms with Gasteiger partial charge < -0.3 is 8.98 Å². The lowest BCUT2D eigenvalue weighted by Crippen LogP contribution is -2.01. The van der Waals surface area contributed by atoms with Crippen molar-refractivity contribution in [1.82, 2.24) is 4.57 Å². The first kappa shape index (κ1) is 20.4. The first-order chi connectivity index (χ1) is 18.3. The molecule has 0 aliphatic heterocycles. The van der Waals surface area contributed by atoms with Gasteiger partial charge in [-0.25, -0.2) is 0 Å². The molecule has 0 atom stereocenters. The van der Waals surface area contributed by atoms with Crippen LogP contribution in [-0.2, 0) is 0 Å². The third-order valence-corrected chi connectivity index (χ3v) is 7.71. The van der Waals surface area contributed by atoms with Crippen LogP contribution in [0.1, 0.15) is 0 Å². The van der Waals surface area contributed by atoms with E-state index in [1.807, 2.05) is 0 Å². The van der Waals surface area contributed by atoms with Crippen molar-refractivity contribution in [3.8, 4) is 16.8 Å². The minimum absolute atomic E-state index is 0.931. The molecule has 0 bridgehead atoms. The normalized spacial score (nSPS) is 11.9.